The second kappa shape index (κ2) is 11.9. The van der Waals surface area contributed by atoms with Gasteiger partial charge in [0.05, 0.1) is 6.61 Å². The Balaban J connectivity index is 1.78. The molecule has 3 aromatic carbocycles. The molecule has 4 aromatic rings. The van der Waals surface area contributed by atoms with Crippen LogP contribution in [0.4, 0.5) is 0 Å². The van der Waals surface area contributed by atoms with Crippen molar-refractivity contribution >= 4 is 15.6 Å². The third kappa shape index (κ3) is 6.20. The van der Waals surface area contributed by atoms with E-state index in [2.05, 4.69) is 4.98 Å². The number of nitrogens with zero attached hydrogens (tertiary/aromatic N) is 1. The molecule has 0 aliphatic carbocycles. The highest BCUT2D eigenvalue weighted by atomic mass is 32.2. The SMILES string of the molecule is CCOc1c(S(C)(=O)=O)ccc(C(=O)c2c(OCc3ccccc3)ccnc2OCc2ccccc2)c1C. The van der Waals surface area contributed by atoms with Crippen molar-refractivity contribution in [3.63, 3.8) is 0 Å². The molecule has 4 rings (SSSR count). The number of hydrogen-bond acceptors (Lipinski definition) is 7. The summed E-state index contributed by atoms with van der Waals surface area (Å²) in [7, 11) is -3.58. The van der Waals surface area contributed by atoms with E-state index in [1.165, 1.54) is 18.3 Å². The van der Waals surface area contributed by atoms with Crippen LogP contribution in [0.2, 0.25) is 0 Å². The number of carbonyl (C=O) groups excluding carboxylic acids is 1. The Hall–Kier alpha value is -4.17. The predicted molar refractivity (Wildman–Crippen MR) is 145 cm³/mol. The maximum Gasteiger partial charge on any atom is 0.228 e. The number of pyridine rings is 1. The maximum atomic E-state index is 14.0. The Morgan fingerprint density at radius 1 is 0.816 bits per heavy atom. The topological polar surface area (TPSA) is 91.8 Å². The van der Waals surface area contributed by atoms with Crippen LogP contribution >= 0.6 is 0 Å². The number of ketones is 1. The third-order valence-electron chi connectivity index (χ3n) is 5.86. The van der Waals surface area contributed by atoms with Crippen molar-refractivity contribution in [2.24, 2.45) is 0 Å². The first-order chi connectivity index (χ1) is 18.3. The lowest BCUT2D eigenvalue weighted by Gasteiger charge is -2.18. The van der Waals surface area contributed by atoms with Gasteiger partial charge in [0, 0.05) is 23.6 Å². The lowest BCUT2D eigenvalue weighted by molar-refractivity contribution is 0.102. The van der Waals surface area contributed by atoms with E-state index in [1.54, 1.807) is 19.9 Å². The van der Waals surface area contributed by atoms with Crippen molar-refractivity contribution in [2.45, 2.75) is 32.0 Å². The Bertz CT molecular complexity index is 1460. The van der Waals surface area contributed by atoms with Crippen LogP contribution in [-0.2, 0) is 23.1 Å². The zero-order valence-electron chi connectivity index (χ0n) is 21.5. The molecule has 0 saturated heterocycles. The molecule has 0 fully saturated rings. The average Bonchev–Trinajstić information content (AvgIpc) is 2.92. The molecule has 1 heterocycles. The van der Waals surface area contributed by atoms with Gasteiger partial charge in [0.15, 0.2) is 9.84 Å². The molecular weight excluding hydrogens is 502 g/mol. The number of carbonyl (C=O) groups is 1. The number of hydrogen-bond donors (Lipinski definition) is 0. The number of sulfone groups is 1. The lowest BCUT2D eigenvalue weighted by atomic mass is 9.98. The fraction of sp³-hybridized carbons (Fsp3) is 0.200. The van der Waals surface area contributed by atoms with Gasteiger partial charge in [0.1, 0.15) is 35.2 Å². The van der Waals surface area contributed by atoms with Crippen LogP contribution in [0.15, 0.2) is 90.0 Å². The molecule has 0 spiro atoms. The van der Waals surface area contributed by atoms with Gasteiger partial charge in [-0.3, -0.25) is 4.79 Å². The molecule has 0 bridgehead atoms. The smallest absolute Gasteiger partial charge is 0.228 e. The van der Waals surface area contributed by atoms with Crippen molar-refractivity contribution in [3.8, 4) is 17.4 Å². The normalized spacial score (nSPS) is 11.1. The number of rotatable bonds is 11. The highest BCUT2D eigenvalue weighted by Gasteiger charge is 2.27. The molecule has 0 saturated carbocycles. The summed E-state index contributed by atoms with van der Waals surface area (Å²) in [6.07, 6.45) is 2.64. The van der Waals surface area contributed by atoms with E-state index < -0.39 is 15.6 Å². The van der Waals surface area contributed by atoms with Gasteiger partial charge in [-0.05, 0) is 43.2 Å². The Kier molecular flexibility index (Phi) is 8.43. The van der Waals surface area contributed by atoms with Crippen LogP contribution in [0.1, 0.15) is 39.5 Å². The highest BCUT2D eigenvalue weighted by Crippen LogP contribution is 2.35. The predicted octanol–water partition coefficient (Wildman–Crippen LogP) is 5.58. The summed E-state index contributed by atoms with van der Waals surface area (Å²) in [5.41, 5.74) is 2.67. The van der Waals surface area contributed by atoms with Gasteiger partial charge in [-0.25, -0.2) is 13.4 Å². The van der Waals surface area contributed by atoms with E-state index in [9.17, 15) is 13.2 Å². The maximum absolute atomic E-state index is 14.0. The van der Waals surface area contributed by atoms with E-state index in [4.69, 9.17) is 14.2 Å². The molecule has 0 aliphatic heterocycles. The van der Waals surface area contributed by atoms with Gasteiger partial charge in [0.2, 0.25) is 11.7 Å². The second-order valence-corrected chi connectivity index (χ2v) is 10.6. The second-order valence-electron chi connectivity index (χ2n) is 8.64. The summed E-state index contributed by atoms with van der Waals surface area (Å²) in [6, 6.07) is 23.6. The quantitative estimate of drug-likeness (QED) is 0.233. The number of benzene rings is 3. The van der Waals surface area contributed by atoms with Gasteiger partial charge in [0.25, 0.3) is 0 Å². The van der Waals surface area contributed by atoms with Crippen molar-refractivity contribution in [1.29, 1.82) is 0 Å². The summed E-state index contributed by atoms with van der Waals surface area (Å²) < 4.78 is 42.5. The monoisotopic (exact) mass is 531 g/mol. The minimum absolute atomic E-state index is 0.0284. The zero-order valence-corrected chi connectivity index (χ0v) is 22.3. The van der Waals surface area contributed by atoms with Crippen LogP contribution in [-0.4, -0.2) is 32.0 Å². The fourth-order valence-electron chi connectivity index (χ4n) is 3.99. The van der Waals surface area contributed by atoms with Crippen LogP contribution in [0, 0.1) is 6.92 Å². The molecule has 0 atom stereocenters. The summed E-state index contributed by atoms with van der Waals surface area (Å²) in [5, 5.41) is 0. The molecule has 1 aromatic heterocycles. The number of aromatic nitrogens is 1. The van der Waals surface area contributed by atoms with E-state index >= 15 is 0 Å². The van der Waals surface area contributed by atoms with Gasteiger partial charge in [-0.2, -0.15) is 0 Å². The standard InChI is InChI=1S/C30H29NO6S/c1-4-35-29-21(2)24(15-16-26(29)38(3,33)34)28(32)27-25(36-19-22-11-7-5-8-12-22)17-18-31-30(27)37-20-23-13-9-6-10-14-23/h5-18H,4,19-20H2,1-3H3. The molecule has 38 heavy (non-hydrogen) atoms. The van der Waals surface area contributed by atoms with Crippen molar-refractivity contribution in [3.05, 3.63) is 113 Å². The molecule has 7 nitrogen and oxygen atoms in total. The average molecular weight is 532 g/mol. The Labute approximate surface area is 223 Å². The first-order valence-corrected chi connectivity index (χ1v) is 14.0. The zero-order chi connectivity index (χ0) is 27.1. The van der Waals surface area contributed by atoms with E-state index in [0.29, 0.717) is 11.3 Å². The third-order valence-corrected chi connectivity index (χ3v) is 6.98. The summed E-state index contributed by atoms with van der Waals surface area (Å²) >= 11 is 0. The van der Waals surface area contributed by atoms with Gasteiger partial charge in [-0.1, -0.05) is 60.7 Å². The van der Waals surface area contributed by atoms with E-state index in [1.807, 2.05) is 60.7 Å². The molecule has 0 amide bonds. The molecule has 0 aliphatic rings. The molecule has 196 valence electrons. The van der Waals surface area contributed by atoms with Crippen molar-refractivity contribution in [1.82, 2.24) is 4.98 Å². The van der Waals surface area contributed by atoms with Crippen LogP contribution in [0.5, 0.6) is 17.4 Å². The first kappa shape index (κ1) is 26.9. The Morgan fingerprint density at radius 2 is 1.42 bits per heavy atom. The lowest BCUT2D eigenvalue weighted by Crippen LogP contribution is -2.13. The minimum atomic E-state index is -3.58. The molecule has 0 N–H and O–H groups in total. The summed E-state index contributed by atoms with van der Waals surface area (Å²) in [5.74, 6) is 0.168. The first-order valence-electron chi connectivity index (χ1n) is 12.1. The highest BCUT2D eigenvalue weighted by molar-refractivity contribution is 7.90. The summed E-state index contributed by atoms with van der Waals surface area (Å²) in [6.45, 7) is 4.10. The largest absolute Gasteiger partial charge is 0.492 e. The van der Waals surface area contributed by atoms with E-state index in [-0.39, 0.29) is 47.5 Å². The Morgan fingerprint density at radius 3 is 2.00 bits per heavy atom. The molecule has 0 unspecified atom stereocenters. The van der Waals surface area contributed by atoms with Crippen LogP contribution < -0.4 is 14.2 Å². The number of ether oxygens (including phenoxy) is 3. The van der Waals surface area contributed by atoms with Gasteiger partial charge >= 0.3 is 0 Å². The van der Waals surface area contributed by atoms with Crippen LogP contribution in [0.25, 0.3) is 0 Å². The van der Waals surface area contributed by atoms with Crippen LogP contribution in [0.3, 0.4) is 0 Å². The minimum Gasteiger partial charge on any atom is -0.492 e. The van der Waals surface area contributed by atoms with E-state index in [0.717, 1.165) is 17.4 Å². The molecular formula is C30H29NO6S. The molecule has 8 heteroatoms. The van der Waals surface area contributed by atoms with Gasteiger partial charge < -0.3 is 14.2 Å². The van der Waals surface area contributed by atoms with Crippen molar-refractivity contribution in [2.75, 3.05) is 12.9 Å². The fourth-order valence-corrected chi connectivity index (χ4v) is 4.85. The van der Waals surface area contributed by atoms with Gasteiger partial charge in [-0.15, -0.1) is 0 Å². The summed E-state index contributed by atoms with van der Waals surface area (Å²) in [4.78, 5) is 18.4. The molecule has 0 radical (unpaired) electrons. The van der Waals surface area contributed by atoms with Crippen molar-refractivity contribution < 1.29 is 27.4 Å².